The molecule has 1 aliphatic rings. The van der Waals surface area contributed by atoms with Crippen molar-refractivity contribution in [3.8, 4) is 0 Å². The Balaban J connectivity index is 1.54. The third-order valence-electron chi connectivity index (χ3n) is 6.25. The number of anilines is 1. The summed E-state index contributed by atoms with van der Waals surface area (Å²) in [6.07, 6.45) is 4.85. The van der Waals surface area contributed by atoms with E-state index in [0.29, 0.717) is 19.4 Å². The van der Waals surface area contributed by atoms with Gasteiger partial charge in [0.2, 0.25) is 15.9 Å². The minimum absolute atomic E-state index is 0.0266. The number of amides is 1. The van der Waals surface area contributed by atoms with E-state index in [1.54, 1.807) is 4.90 Å². The second-order valence-electron chi connectivity index (χ2n) is 9.06. The van der Waals surface area contributed by atoms with E-state index in [4.69, 9.17) is 0 Å². The van der Waals surface area contributed by atoms with E-state index in [1.165, 1.54) is 0 Å². The van der Waals surface area contributed by atoms with Crippen LogP contribution in [0, 0.1) is 0 Å². The summed E-state index contributed by atoms with van der Waals surface area (Å²) in [7, 11) is -3.14. The lowest BCUT2D eigenvalue weighted by molar-refractivity contribution is -0.124. The molecule has 8 nitrogen and oxygen atoms in total. The van der Waals surface area contributed by atoms with E-state index in [0.717, 1.165) is 47.9 Å². The quantitative estimate of drug-likeness (QED) is 0.250. The van der Waals surface area contributed by atoms with Gasteiger partial charge in [0.1, 0.15) is 5.60 Å². The highest BCUT2D eigenvalue weighted by Crippen LogP contribution is 2.39. The van der Waals surface area contributed by atoms with Crippen LogP contribution in [0.5, 0.6) is 0 Å². The Bertz CT molecular complexity index is 1050. The lowest BCUT2D eigenvalue weighted by Crippen LogP contribution is -2.46. The first-order valence-corrected chi connectivity index (χ1v) is 13.4. The number of aliphatic hydroxyl groups excluding tert-OH is 2. The fraction of sp³-hybridized carbons (Fsp3) is 0.480. The molecule has 34 heavy (non-hydrogen) atoms. The number of carbonyl (C=O) groups is 1. The van der Waals surface area contributed by atoms with Crippen LogP contribution < -0.4 is 9.62 Å². The summed E-state index contributed by atoms with van der Waals surface area (Å²) in [5.41, 5.74) is 2.53. The molecule has 9 heteroatoms. The number of carbonyl (C=O) groups excluding carboxylic acids is 1. The lowest BCUT2D eigenvalue weighted by atomic mass is 9.91. The second kappa shape index (κ2) is 11.4. The molecule has 0 bridgehead atoms. The van der Waals surface area contributed by atoms with Gasteiger partial charge in [-0.3, -0.25) is 4.79 Å². The Kier molecular flexibility index (Phi) is 8.83. The Morgan fingerprint density at radius 2 is 1.56 bits per heavy atom. The fourth-order valence-electron chi connectivity index (χ4n) is 4.03. The van der Waals surface area contributed by atoms with Gasteiger partial charge in [-0.1, -0.05) is 36.4 Å². The molecule has 1 heterocycles. The van der Waals surface area contributed by atoms with Gasteiger partial charge in [-0.05, 0) is 60.9 Å². The zero-order valence-electron chi connectivity index (χ0n) is 19.5. The Morgan fingerprint density at radius 3 is 2.12 bits per heavy atom. The second-order valence-corrected chi connectivity index (χ2v) is 10.9. The van der Waals surface area contributed by atoms with Gasteiger partial charge >= 0.3 is 0 Å². The summed E-state index contributed by atoms with van der Waals surface area (Å²) in [4.78, 5) is 14.2. The highest BCUT2D eigenvalue weighted by molar-refractivity contribution is 7.88. The fourth-order valence-corrected chi connectivity index (χ4v) is 4.55. The summed E-state index contributed by atoms with van der Waals surface area (Å²) in [6.45, 7) is -0.538. The number of sulfonamides is 1. The third-order valence-corrected chi connectivity index (χ3v) is 6.98. The molecule has 2 aromatic rings. The van der Waals surface area contributed by atoms with E-state index in [1.807, 2.05) is 48.5 Å². The first kappa shape index (κ1) is 26.3. The number of nitrogens with zero attached hydrogens (tertiary/aromatic N) is 1. The van der Waals surface area contributed by atoms with Crippen molar-refractivity contribution >= 4 is 21.6 Å². The zero-order chi connectivity index (χ0) is 24.8. The molecule has 4 N–H and O–H groups in total. The van der Waals surface area contributed by atoms with E-state index >= 15 is 0 Å². The van der Waals surface area contributed by atoms with Crippen LogP contribution >= 0.6 is 0 Å². The number of rotatable bonds is 13. The van der Waals surface area contributed by atoms with Crippen molar-refractivity contribution in [2.24, 2.45) is 0 Å². The van der Waals surface area contributed by atoms with Crippen LogP contribution in [0.25, 0.3) is 0 Å². The molecule has 2 aromatic carbocycles. The van der Waals surface area contributed by atoms with Crippen LogP contribution in [0.3, 0.4) is 0 Å². The van der Waals surface area contributed by atoms with E-state index in [9.17, 15) is 28.5 Å². The van der Waals surface area contributed by atoms with Crippen molar-refractivity contribution in [2.75, 3.05) is 30.9 Å². The highest BCUT2D eigenvalue weighted by atomic mass is 32.2. The van der Waals surface area contributed by atoms with Gasteiger partial charge in [0.25, 0.3) is 0 Å². The standard InChI is InChI=1S/C25H34N2O6S/c1-34(32,33)26-15-3-2-4-19-7-11-22(12-8-19)27-23(16-24(27)30)21-9-5-20(6-10-21)13-14-25(31,17-28)18-29/h5-12,23,26,28-29,31H,2-4,13-18H2,1H3. The van der Waals surface area contributed by atoms with Gasteiger partial charge in [0.15, 0.2) is 0 Å². The highest BCUT2D eigenvalue weighted by Gasteiger charge is 2.38. The first-order chi connectivity index (χ1) is 16.1. The van der Waals surface area contributed by atoms with Gasteiger partial charge in [-0.25, -0.2) is 13.1 Å². The van der Waals surface area contributed by atoms with E-state index < -0.39 is 28.8 Å². The maximum Gasteiger partial charge on any atom is 0.230 e. The molecule has 1 atom stereocenters. The van der Waals surface area contributed by atoms with Crippen molar-refractivity contribution < 1.29 is 28.5 Å². The molecule has 0 saturated carbocycles. The van der Waals surface area contributed by atoms with Gasteiger partial charge in [-0.2, -0.15) is 0 Å². The molecule has 1 unspecified atom stereocenters. The summed E-state index contributed by atoms with van der Waals surface area (Å²) in [6, 6.07) is 15.8. The van der Waals surface area contributed by atoms with Crippen LogP contribution in [-0.4, -0.2) is 61.3 Å². The average molecular weight is 491 g/mol. The van der Waals surface area contributed by atoms with E-state index in [-0.39, 0.29) is 18.4 Å². The van der Waals surface area contributed by atoms with Crippen molar-refractivity contribution in [2.45, 2.75) is 50.2 Å². The number of β-lactam (4-membered cyclic amide) rings is 1. The van der Waals surface area contributed by atoms with Crippen LogP contribution in [0.15, 0.2) is 48.5 Å². The molecule has 1 aliphatic heterocycles. The van der Waals surface area contributed by atoms with Crippen molar-refractivity contribution in [1.82, 2.24) is 4.72 Å². The number of benzene rings is 2. The molecular formula is C25H34N2O6S. The molecular weight excluding hydrogens is 456 g/mol. The summed E-state index contributed by atoms with van der Waals surface area (Å²) >= 11 is 0. The average Bonchev–Trinajstić information content (AvgIpc) is 2.81. The van der Waals surface area contributed by atoms with Crippen LogP contribution in [-0.2, 0) is 27.7 Å². The normalized spacial score (nSPS) is 16.5. The number of hydrogen-bond donors (Lipinski definition) is 4. The van der Waals surface area contributed by atoms with Crippen molar-refractivity contribution in [1.29, 1.82) is 0 Å². The minimum atomic E-state index is -3.14. The largest absolute Gasteiger partial charge is 0.393 e. The maximum atomic E-state index is 12.4. The van der Waals surface area contributed by atoms with Gasteiger partial charge in [0.05, 0.1) is 31.9 Å². The molecule has 0 aromatic heterocycles. The van der Waals surface area contributed by atoms with Crippen LogP contribution in [0.2, 0.25) is 0 Å². The Labute approximate surface area is 201 Å². The number of unbranched alkanes of at least 4 members (excludes halogenated alkanes) is 1. The predicted octanol–water partition coefficient (Wildman–Crippen LogP) is 1.68. The molecule has 3 rings (SSSR count). The number of nitrogens with one attached hydrogen (secondary N) is 1. The zero-order valence-corrected chi connectivity index (χ0v) is 20.3. The van der Waals surface area contributed by atoms with Gasteiger partial charge in [-0.15, -0.1) is 0 Å². The molecule has 0 radical (unpaired) electrons. The summed E-state index contributed by atoms with van der Waals surface area (Å²) in [5.74, 6) is 0.0737. The summed E-state index contributed by atoms with van der Waals surface area (Å²) < 4.78 is 24.7. The van der Waals surface area contributed by atoms with Crippen molar-refractivity contribution in [3.63, 3.8) is 0 Å². The molecule has 0 aliphatic carbocycles. The van der Waals surface area contributed by atoms with Gasteiger partial charge in [0, 0.05) is 12.2 Å². The Hall–Kier alpha value is -2.30. The van der Waals surface area contributed by atoms with Crippen molar-refractivity contribution in [3.05, 3.63) is 65.2 Å². The van der Waals surface area contributed by atoms with Gasteiger partial charge < -0.3 is 20.2 Å². The van der Waals surface area contributed by atoms with Crippen LogP contribution in [0.4, 0.5) is 5.69 Å². The SMILES string of the molecule is CS(=O)(=O)NCCCCc1ccc(N2C(=O)CC2c2ccc(CCC(O)(CO)CO)cc2)cc1. The predicted molar refractivity (Wildman–Crippen MR) is 131 cm³/mol. The summed E-state index contributed by atoms with van der Waals surface area (Å²) in [5, 5.41) is 28.5. The Morgan fingerprint density at radius 1 is 0.971 bits per heavy atom. The van der Waals surface area contributed by atoms with Crippen LogP contribution in [0.1, 0.15) is 48.4 Å². The topological polar surface area (TPSA) is 127 Å². The third kappa shape index (κ3) is 7.10. The molecule has 1 amide bonds. The monoisotopic (exact) mass is 490 g/mol. The first-order valence-electron chi connectivity index (χ1n) is 11.5. The number of aryl methyl sites for hydroxylation is 2. The number of hydrogen-bond acceptors (Lipinski definition) is 6. The number of aliphatic hydroxyl groups is 3. The molecule has 186 valence electrons. The molecule has 0 spiro atoms. The molecule has 1 fully saturated rings. The lowest BCUT2D eigenvalue weighted by Gasteiger charge is -2.41. The smallest absolute Gasteiger partial charge is 0.230 e. The van der Waals surface area contributed by atoms with E-state index in [2.05, 4.69) is 4.72 Å². The molecule has 1 saturated heterocycles. The minimum Gasteiger partial charge on any atom is -0.393 e. The maximum absolute atomic E-state index is 12.4.